The van der Waals surface area contributed by atoms with Crippen molar-refractivity contribution < 1.29 is 0 Å². The second kappa shape index (κ2) is 10.8. The SMILES string of the molecule is CN=C(NCCc1c[nH]c2cc(C)ccc12)NCC(c1cccs1)N(C)C.I. The number of nitrogens with zero attached hydrogens (tertiary/aromatic N) is 2. The predicted molar refractivity (Wildman–Crippen MR) is 132 cm³/mol. The molecule has 0 aliphatic heterocycles. The van der Waals surface area contributed by atoms with Gasteiger partial charge >= 0.3 is 0 Å². The van der Waals surface area contributed by atoms with Crippen LogP contribution in [0.15, 0.2) is 46.9 Å². The molecule has 0 spiro atoms. The first-order chi connectivity index (χ1) is 13.1. The third kappa shape index (κ3) is 5.71. The maximum Gasteiger partial charge on any atom is 0.191 e. The number of fused-ring (bicyclic) bond motifs is 1. The maximum absolute atomic E-state index is 4.36. The lowest BCUT2D eigenvalue weighted by Crippen LogP contribution is -2.42. The third-order valence-electron chi connectivity index (χ3n) is 4.79. The fraction of sp³-hybridized carbons (Fsp3) is 0.381. The van der Waals surface area contributed by atoms with E-state index in [1.807, 2.05) is 7.05 Å². The Morgan fingerprint density at radius 2 is 2.07 bits per heavy atom. The zero-order valence-electron chi connectivity index (χ0n) is 17.0. The number of guanidine groups is 1. The standard InChI is InChI=1S/C21H29N5S.HI/c1-15-7-8-17-16(13-24-18(17)12-15)9-10-23-21(22-2)25-14-19(26(3)4)20-6-5-11-27-20;/h5-8,11-13,19,24H,9-10,14H2,1-4H3,(H2,22,23,25);1H. The number of aliphatic imine (C=N–C) groups is 1. The molecular weight excluding hydrogens is 481 g/mol. The van der Waals surface area contributed by atoms with Gasteiger partial charge < -0.3 is 20.5 Å². The number of aryl methyl sites for hydroxylation is 1. The van der Waals surface area contributed by atoms with Gasteiger partial charge in [0.1, 0.15) is 0 Å². The summed E-state index contributed by atoms with van der Waals surface area (Å²) in [5.41, 5.74) is 3.81. The molecule has 3 aromatic rings. The van der Waals surface area contributed by atoms with Crippen LogP contribution in [0.5, 0.6) is 0 Å². The van der Waals surface area contributed by atoms with Gasteiger partial charge in [0, 0.05) is 42.1 Å². The van der Waals surface area contributed by atoms with E-state index in [1.54, 1.807) is 11.3 Å². The average molecular weight is 511 g/mol. The van der Waals surface area contributed by atoms with Crippen LogP contribution in [0.25, 0.3) is 10.9 Å². The zero-order chi connectivity index (χ0) is 19.2. The van der Waals surface area contributed by atoms with Gasteiger partial charge in [-0.1, -0.05) is 18.2 Å². The van der Waals surface area contributed by atoms with Crippen molar-refractivity contribution in [3.63, 3.8) is 0 Å². The number of aromatic amines is 1. The summed E-state index contributed by atoms with van der Waals surface area (Å²) >= 11 is 1.79. The van der Waals surface area contributed by atoms with Crippen molar-refractivity contribution in [2.45, 2.75) is 19.4 Å². The van der Waals surface area contributed by atoms with Crippen molar-refractivity contribution in [2.24, 2.45) is 4.99 Å². The second-order valence-electron chi connectivity index (χ2n) is 6.99. The molecule has 7 heteroatoms. The smallest absolute Gasteiger partial charge is 0.191 e. The largest absolute Gasteiger partial charge is 0.361 e. The molecule has 1 unspecified atom stereocenters. The van der Waals surface area contributed by atoms with Gasteiger partial charge in [0.15, 0.2) is 5.96 Å². The molecule has 0 bridgehead atoms. The Hall–Kier alpha value is -1.58. The van der Waals surface area contributed by atoms with E-state index >= 15 is 0 Å². The Balaban J connectivity index is 0.00000280. The molecule has 0 fully saturated rings. The zero-order valence-corrected chi connectivity index (χ0v) is 20.1. The van der Waals surface area contributed by atoms with Crippen LogP contribution < -0.4 is 10.6 Å². The molecule has 5 nitrogen and oxygen atoms in total. The van der Waals surface area contributed by atoms with Crippen LogP contribution >= 0.6 is 35.3 Å². The van der Waals surface area contributed by atoms with Crippen LogP contribution in [0, 0.1) is 6.92 Å². The minimum Gasteiger partial charge on any atom is -0.361 e. The number of nitrogens with one attached hydrogen (secondary N) is 3. The Morgan fingerprint density at radius 1 is 1.25 bits per heavy atom. The number of thiophene rings is 1. The maximum atomic E-state index is 4.36. The van der Waals surface area contributed by atoms with E-state index in [1.165, 1.54) is 26.9 Å². The van der Waals surface area contributed by atoms with E-state index in [0.717, 1.165) is 25.5 Å². The van der Waals surface area contributed by atoms with Gasteiger partial charge in [-0.25, -0.2) is 0 Å². The summed E-state index contributed by atoms with van der Waals surface area (Å²) < 4.78 is 0. The lowest BCUT2D eigenvalue weighted by molar-refractivity contribution is 0.302. The molecule has 3 rings (SSSR count). The van der Waals surface area contributed by atoms with Crippen LogP contribution in [0.2, 0.25) is 0 Å². The van der Waals surface area contributed by atoms with Crippen LogP contribution in [0.3, 0.4) is 0 Å². The van der Waals surface area contributed by atoms with Crippen molar-refractivity contribution in [1.29, 1.82) is 0 Å². The first kappa shape index (κ1) is 22.7. The Labute approximate surface area is 188 Å². The normalized spacial score (nSPS) is 12.8. The Bertz CT molecular complexity index is 885. The van der Waals surface area contributed by atoms with E-state index in [2.05, 4.69) is 88.4 Å². The predicted octanol–water partition coefficient (Wildman–Crippen LogP) is 4.17. The molecule has 0 amide bonds. The van der Waals surface area contributed by atoms with Crippen molar-refractivity contribution >= 4 is 52.2 Å². The molecule has 0 radical (unpaired) electrons. The molecule has 0 saturated heterocycles. The third-order valence-corrected chi connectivity index (χ3v) is 5.76. The second-order valence-corrected chi connectivity index (χ2v) is 7.97. The number of rotatable bonds is 7. The number of halogens is 1. The number of aromatic nitrogens is 1. The van der Waals surface area contributed by atoms with Gasteiger partial charge in [0.25, 0.3) is 0 Å². The molecular formula is C21H30IN5S. The monoisotopic (exact) mass is 511 g/mol. The molecule has 28 heavy (non-hydrogen) atoms. The lowest BCUT2D eigenvalue weighted by Gasteiger charge is -2.24. The summed E-state index contributed by atoms with van der Waals surface area (Å²) in [6, 6.07) is 11.2. The van der Waals surface area contributed by atoms with Crippen LogP contribution in [-0.2, 0) is 6.42 Å². The summed E-state index contributed by atoms with van der Waals surface area (Å²) in [5.74, 6) is 0.842. The van der Waals surface area contributed by atoms with Crippen molar-refractivity contribution in [1.82, 2.24) is 20.5 Å². The fourth-order valence-electron chi connectivity index (χ4n) is 3.26. The van der Waals surface area contributed by atoms with E-state index in [4.69, 9.17) is 0 Å². The van der Waals surface area contributed by atoms with Crippen LogP contribution in [-0.4, -0.2) is 50.1 Å². The van der Waals surface area contributed by atoms with Crippen LogP contribution in [0.4, 0.5) is 0 Å². The first-order valence-electron chi connectivity index (χ1n) is 9.29. The van der Waals surface area contributed by atoms with Gasteiger partial charge in [0.2, 0.25) is 0 Å². The average Bonchev–Trinajstić information content (AvgIpc) is 3.30. The topological polar surface area (TPSA) is 55.5 Å². The summed E-state index contributed by atoms with van der Waals surface area (Å²) in [7, 11) is 6.04. The highest BCUT2D eigenvalue weighted by Gasteiger charge is 2.15. The van der Waals surface area contributed by atoms with E-state index in [0.29, 0.717) is 6.04 Å². The molecule has 1 aromatic carbocycles. The van der Waals surface area contributed by atoms with E-state index in [9.17, 15) is 0 Å². The van der Waals surface area contributed by atoms with Crippen molar-refractivity contribution in [3.05, 3.63) is 57.9 Å². The molecule has 1 atom stereocenters. The quantitative estimate of drug-likeness (QED) is 0.254. The number of benzene rings is 1. The Kier molecular flexibility index (Phi) is 8.78. The molecule has 2 aromatic heterocycles. The summed E-state index contributed by atoms with van der Waals surface area (Å²) in [6.45, 7) is 3.78. The summed E-state index contributed by atoms with van der Waals surface area (Å²) in [5, 5.41) is 10.3. The highest BCUT2D eigenvalue weighted by Crippen LogP contribution is 2.22. The van der Waals surface area contributed by atoms with Crippen molar-refractivity contribution in [3.8, 4) is 0 Å². The lowest BCUT2D eigenvalue weighted by atomic mass is 10.1. The minimum atomic E-state index is 0. The number of likely N-dealkylation sites (N-methyl/N-ethyl adjacent to an activating group) is 1. The van der Waals surface area contributed by atoms with E-state index in [-0.39, 0.29) is 24.0 Å². The number of hydrogen-bond acceptors (Lipinski definition) is 3. The molecule has 0 aliphatic rings. The van der Waals surface area contributed by atoms with Gasteiger partial charge in [-0.3, -0.25) is 4.99 Å². The van der Waals surface area contributed by atoms with Gasteiger partial charge in [-0.15, -0.1) is 35.3 Å². The minimum absolute atomic E-state index is 0. The number of H-pyrrole nitrogens is 1. The Morgan fingerprint density at radius 3 is 2.75 bits per heavy atom. The highest BCUT2D eigenvalue weighted by molar-refractivity contribution is 14.0. The number of hydrogen-bond donors (Lipinski definition) is 3. The molecule has 2 heterocycles. The van der Waals surface area contributed by atoms with Gasteiger partial charge in [-0.05, 0) is 56.1 Å². The molecule has 3 N–H and O–H groups in total. The molecule has 0 saturated carbocycles. The van der Waals surface area contributed by atoms with Gasteiger partial charge in [0.05, 0.1) is 6.04 Å². The molecule has 0 aliphatic carbocycles. The van der Waals surface area contributed by atoms with Crippen molar-refractivity contribution in [2.75, 3.05) is 34.2 Å². The fourth-order valence-corrected chi connectivity index (χ4v) is 4.18. The van der Waals surface area contributed by atoms with E-state index < -0.39 is 0 Å². The highest BCUT2D eigenvalue weighted by atomic mass is 127. The van der Waals surface area contributed by atoms with Gasteiger partial charge in [-0.2, -0.15) is 0 Å². The summed E-state index contributed by atoms with van der Waals surface area (Å²) in [6.07, 6.45) is 3.06. The summed E-state index contributed by atoms with van der Waals surface area (Å²) in [4.78, 5) is 11.3. The first-order valence-corrected chi connectivity index (χ1v) is 10.2. The van der Waals surface area contributed by atoms with Crippen LogP contribution in [0.1, 0.15) is 22.0 Å². The molecule has 152 valence electrons.